The molecule has 1 aromatic heterocycles. The molecule has 0 spiro atoms. The van der Waals surface area contributed by atoms with Crippen LogP contribution in [0.25, 0.3) is 0 Å². The van der Waals surface area contributed by atoms with E-state index in [1.165, 1.54) is 5.69 Å². The highest BCUT2D eigenvalue weighted by Gasteiger charge is 2.21. The van der Waals surface area contributed by atoms with Gasteiger partial charge in [-0.2, -0.15) is 5.10 Å². The zero-order valence-electron chi connectivity index (χ0n) is 8.40. The van der Waals surface area contributed by atoms with Crippen LogP contribution < -0.4 is 5.73 Å². The number of hydrogen-bond acceptors (Lipinski definition) is 4. The number of nitrogens with zero attached hydrogens (tertiary/aromatic N) is 3. The van der Waals surface area contributed by atoms with Crippen molar-refractivity contribution in [3.8, 4) is 0 Å². The van der Waals surface area contributed by atoms with Gasteiger partial charge in [-0.3, -0.25) is 9.58 Å². The Bertz CT molecular complexity index is 334. The smallest absolute Gasteiger partial charge is 0.150 e. The summed E-state index contributed by atoms with van der Waals surface area (Å²) in [6.07, 6.45) is 0.968. The monoisotopic (exact) mass is 196 g/mol. The minimum absolute atomic E-state index is 0.204. The molecule has 0 saturated carbocycles. The van der Waals surface area contributed by atoms with Gasteiger partial charge in [0.05, 0.1) is 6.61 Å². The predicted molar refractivity (Wildman–Crippen MR) is 53.7 cm³/mol. The number of aromatic nitrogens is 2. The van der Waals surface area contributed by atoms with E-state index in [0.29, 0.717) is 12.4 Å². The van der Waals surface area contributed by atoms with Crippen LogP contribution in [0.1, 0.15) is 11.3 Å². The van der Waals surface area contributed by atoms with Crippen LogP contribution in [-0.2, 0) is 20.0 Å². The number of rotatable bonds is 2. The molecule has 5 heteroatoms. The summed E-state index contributed by atoms with van der Waals surface area (Å²) in [6, 6.07) is 0. The molecule has 14 heavy (non-hydrogen) atoms. The van der Waals surface area contributed by atoms with Crippen molar-refractivity contribution in [2.45, 2.75) is 13.0 Å². The summed E-state index contributed by atoms with van der Waals surface area (Å²) in [6.45, 7) is 2.71. The normalized spacial score (nSPS) is 17.0. The van der Waals surface area contributed by atoms with Gasteiger partial charge in [0.1, 0.15) is 5.82 Å². The third-order valence-electron chi connectivity index (χ3n) is 2.77. The highest BCUT2D eigenvalue weighted by Crippen LogP contribution is 2.22. The minimum atomic E-state index is 0.204. The first-order chi connectivity index (χ1) is 6.72. The standard InChI is InChI=1S/C9H16N4O/c1-12-8-2-3-13(4-5-14)6-7(8)9(10)11-12/h14H,2-6H2,1H3,(H2,10,11). The molecule has 0 saturated heterocycles. The van der Waals surface area contributed by atoms with Crippen molar-refractivity contribution in [3.63, 3.8) is 0 Å². The molecular formula is C9H16N4O. The lowest BCUT2D eigenvalue weighted by atomic mass is 10.1. The largest absolute Gasteiger partial charge is 0.395 e. The maximum Gasteiger partial charge on any atom is 0.150 e. The van der Waals surface area contributed by atoms with E-state index in [4.69, 9.17) is 10.8 Å². The average Bonchev–Trinajstić information content (AvgIpc) is 2.43. The first-order valence-electron chi connectivity index (χ1n) is 4.86. The van der Waals surface area contributed by atoms with Gasteiger partial charge in [-0.25, -0.2) is 0 Å². The molecule has 0 unspecified atom stereocenters. The Kier molecular flexibility index (Phi) is 2.43. The van der Waals surface area contributed by atoms with E-state index < -0.39 is 0 Å². The Labute approximate surface area is 83.1 Å². The van der Waals surface area contributed by atoms with Crippen LogP contribution in [0.3, 0.4) is 0 Å². The first kappa shape index (κ1) is 9.48. The third kappa shape index (κ3) is 1.49. The molecule has 0 bridgehead atoms. The molecule has 3 N–H and O–H groups in total. The first-order valence-corrected chi connectivity index (χ1v) is 4.86. The Balaban J connectivity index is 2.21. The van der Waals surface area contributed by atoms with Crippen LogP contribution in [0.15, 0.2) is 0 Å². The van der Waals surface area contributed by atoms with Gasteiger partial charge in [0.2, 0.25) is 0 Å². The lowest BCUT2D eigenvalue weighted by Gasteiger charge is -2.26. The minimum Gasteiger partial charge on any atom is -0.395 e. The summed E-state index contributed by atoms with van der Waals surface area (Å²) in [5.41, 5.74) is 8.16. The topological polar surface area (TPSA) is 67.3 Å². The van der Waals surface area contributed by atoms with Crippen molar-refractivity contribution in [1.82, 2.24) is 14.7 Å². The van der Waals surface area contributed by atoms with Gasteiger partial charge in [0.15, 0.2) is 0 Å². The zero-order chi connectivity index (χ0) is 10.1. The molecule has 0 aromatic carbocycles. The van der Waals surface area contributed by atoms with Gasteiger partial charge >= 0.3 is 0 Å². The summed E-state index contributed by atoms with van der Waals surface area (Å²) in [5.74, 6) is 0.630. The lowest BCUT2D eigenvalue weighted by Crippen LogP contribution is -2.33. The Morgan fingerprint density at radius 2 is 2.36 bits per heavy atom. The second-order valence-corrected chi connectivity index (χ2v) is 3.68. The summed E-state index contributed by atoms with van der Waals surface area (Å²) >= 11 is 0. The van der Waals surface area contributed by atoms with Crippen LogP contribution in [0.4, 0.5) is 5.82 Å². The van der Waals surface area contributed by atoms with Gasteiger partial charge in [-0.15, -0.1) is 0 Å². The van der Waals surface area contributed by atoms with Gasteiger partial charge in [-0.05, 0) is 0 Å². The number of hydrogen-bond donors (Lipinski definition) is 2. The van der Waals surface area contributed by atoms with Crippen molar-refractivity contribution in [1.29, 1.82) is 0 Å². The molecule has 1 aliphatic rings. The van der Waals surface area contributed by atoms with E-state index in [-0.39, 0.29) is 6.61 Å². The van der Waals surface area contributed by atoms with E-state index >= 15 is 0 Å². The summed E-state index contributed by atoms with van der Waals surface area (Å²) in [7, 11) is 1.93. The summed E-state index contributed by atoms with van der Waals surface area (Å²) in [4.78, 5) is 2.19. The van der Waals surface area contributed by atoms with E-state index in [9.17, 15) is 0 Å². The number of fused-ring (bicyclic) bond motifs is 1. The number of aliphatic hydroxyl groups is 1. The van der Waals surface area contributed by atoms with Gasteiger partial charge in [-0.1, -0.05) is 0 Å². The fraction of sp³-hybridized carbons (Fsp3) is 0.667. The fourth-order valence-electron chi connectivity index (χ4n) is 2.01. The van der Waals surface area contributed by atoms with Crippen molar-refractivity contribution in [2.24, 2.45) is 7.05 Å². The fourth-order valence-corrected chi connectivity index (χ4v) is 2.01. The van der Waals surface area contributed by atoms with Crippen molar-refractivity contribution < 1.29 is 5.11 Å². The number of β-amino-alcohol motifs (C(OH)–C–C–N with tert-alkyl or cyclic N) is 1. The number of aryl methyl sites for hydroxylation is 1. The van der Waals surface area contributed by atoms with Crippen LogP contribution >= 0.6 is 0 Å². The van der Waals surface area contributed by atoms with Crippen LogP contribution in [-0.4, -0.2) is 39.5 Å². The summed E-state index contributed by atoms with van der Waals surface area (Å²) in [5, 5.41) is 13.0. The molecule has 0 aliphatic carbocycles. The Morgan fingerprint density at radius 3 is 3.07 bits per heavy atom. The predicted octanol–water partition coefficient (Wildman–Crippen LogP) is -0.647. The quantitative estimate of drug-likeness (QED) is 0.660. The van der Waals surface area contributed by atoms with E-state index in [1.807, 2.05) is 11.7 Å². The van der Waals surface area contributed by atoms with Crippen LogP contribution in [0.5, 0.6) is 0 Å². The second kappa shape index (κ2) is 3.59. The van der Waals surface area contributed by atoms with Crippen molar-refractivity contribution in [3.05, 3.63) is 11.3 Å². The zero-order valence-corrected chi connectivity index (χ0v) is 8.40. The van der Waals surface area contributed by atoms with E-state index in [1.54, 1.807) is 0 Å². The molecular weight excluding hydrogens is 180 g/mol. The third-order valence-corrected chi connectivity index (χ3v) is 2.77. The molecule has 1 aromatic rings. The maximum absolute atomic E-state index is 8.85. The molecule has 0 radical (unpaired) electrons. The van der Waals surface area contributed by atoms with Crippen molar-refractivity contribution >= 4 is 5.82 Å². The molecule has 2 rings (SSSR count). The van der Waals surface area contributed by atoms with E-state index in [2.05, 4.69) is 10.00 Å². The molecule has 1 aliphatic heterocycles. The highest BCUT2D eigenvalue weighted by molar-refractivity contribution is 5.43. The molecule has 2 heterocycles. The number of aliphatic hydroxyl groups excluding tert-OH is 1. The van der Waals surface area contributed by atoms with Gasteiger partial charge in [0.25, 0.3) is 0 Å². The van der Waals surface area contributed by atoms with Crippen LogP contribution in [0, 0.1) is 0 Å². The SMILES string of the molecule is Cn1nc(N)c2c1CCN(CCO)C2. The number of anilines is 1. The highest BCUT2D eigenvalue weighted by atomic mass is 16.3. The van der Waals surface area contributed by atoms with Gasteiger partial charge < -0.3 is 10.8 Å². The Morgan fingerprint density at radius 1 is 1.57 bits per heavy atom. The molecule has 0 atom stereocenters. The maximum atomic E-state index is 8.85. The molecule has 0 amide bonds. The lowest BCUT2D eigenvalue weighted by molar-refractivity contribution is 0.183. The Hall–Kier alpha value is -1.07. The van der Waals surface area contributed by atoms with Gasteiger partial charge in [0, 0.05) is 44.4 Å². The number of nitrogens with two attached hydrogens (primary N) is 1. The molecule has 78 valence electrons. The van der Waals surface area contributed by atoms with E-state index in [0.717, 1.165) is 25.1 Å². The van der Waals surface area contributed by atoms with Crippen LogP contribution in [0.2, 0.25) is 0 Å². The van der Waals surface area contributed by atoms with Crippen molar-refractivity contribution in [2.75, 3.05) is 25.4 Å². The molecule has 0 fully saturated rings. The second-order valence-electron chi connectivity index (χ2n) is 3.68. The summed E-state index contributed by atoms with van der Waals surface area (Å²) < 4.78 is 1.86. The molecule has 5 nitrogen and oxygen atoms in total. The number of nitrogen functional groups attached to an aromatic ring is 1. The average molecular weight is 196 g/mol.